The summed E-state index contributed by atoms with van der Waals surface area (Å²) in [5.41, 5.74) is 0.543. The predicted octanol–water partition coefficient (Wildman–Crippen LogP) is 4.63. The van der Waals surface area contributed by atoms with E-state index in [1.165, 1.54) is 6.07 Å². The largest absolute Gasteiger partial charge is 0.493 e. The monoisotopic (exact) mass is 393 g/mol. The van der Waals surface area contributed by atoms with Gasteiger partial charge in [0.1, 0.15) is 0 Å². The van der Waals surface area contributed by atoms with Crippen LogP contribution in [0.1, 0.15) is 35.6 Å². The Kier molecular flexibility index (Phi) is 5.82. The van der Waals surface area contributed by atoms with E-state index in [1.807, 2.05) is 12.1 Å². The maximum absolute atomic E-state index is 12.9. The molecule has 1 atom stereocenters. The third-order valence-electron chi connectivity index (χ3n) is 4.98. The van der Waals surface area contributed by atoms with Crippen LogP contribution in [0.3, 0.4) is 0 Å². The molecule has 2 aromatic rings. The molecule has 3 rings (SSSR count). The average Bonchev–Trinajstić information content (AvgIpc) is 3.17. The van der Waals surface area contributed by atoms with E-state index in [0.29, 0.717) is 23.6 Å². The van der Waals surface area contributed by atoms with Crippen molar-refractivity contribution in [3.63, 3.8) is 0 Å². The lowest BCUT2D eigenvalue weighted by molar-refractivity contribution is -0.138. The lowest BCUT2D eigenvalue weighted by atomic mass is 10.0. The average molecular weight is 393 g/mol. The molecule has 0 aromatic heterocycles. The quantitative estimate of drug-likeness (QED) is 0.744. The molecule has 1 amide bonds. The Bertz CT molecular complexity index is 851. The topological polar surface area (TPSA) is 38.8 Å². The van der Waals surface area contributed by atoms with Crippen molar-refractivity contribution in [2.45, 2.75) is 31.5 Å². The smallest absolute Gasteiger partial charge is 0.416 e. The minimum Gasteiger partial charge on any atom is -0.493 e. The fraction of sp³-hybridized carbons (Fsp3) is 0.381. The molecule has 1 aliphatic heterocycles. The number of hydrogen-bond donors (Lipinski definition) is 0. The van der Waals surface area contributed by atoms with Gasteiger partial charge >= 0.3 is 6.18 Å². The number of nitrogens with zero attached hydrogens (tertiary/aromatic N) is 1. The van der Waals surface area contributed by atoms with E-state index < -0.39 is 11.7 Å². The molecule has 2 aromatic carbocycles. The van der Waals surface area contributed by atoms with Gasteiger partial charge < -0.3 is 14.4 Å². The summed E-state index contributed by atoms with van der Waals surface area (Å²) in [5, 5.41) is 0. The molecule has 28 heavy (non-hydrogen) atoms. The number of rotatable bonds is 5. The normalized spacial score (nSPS) is 16.9. The summed E-state index contributed by atoms with van der Waals surface area (Å²) >= 11 is 0. The number of carbonyl (C=O) groups excluding carboxylic acids is 1. The van der Waals surface area contributed by atoms with Crippen molar-refractivity contribution in [2.75, 3.05) is 20.8 Å². The number of hydrogen-bond acceptors (Lipinski definition) is 3. The zero-order valence-electron chi connectivity index (χ0n) is 15.8. The summed E-state index contributed by atoms with van der Waals surface area (Å²) in [4.78, 5) is 14.6. The molecule has 7 heteroatoms. The highest BCUT2D eigenvalue weighted by atomic mass is 19.4. The maximum atomic E-state index is 12.9. The maximum Gasteiger partial charge on any atom is 0.416 e. The Morgan fingerprint density at radius 3 is 2.54 bits per heavy atom. The molecule has 0 aliphatic carbocycles. The third kappa shape index (κ3) is 4.24. The van der Waals surface area contributed by atoms with Gasteiger partial charge in [0.25, 0.3) is 0 Å². The van der Waals surface area contributed by atoms with Crippen LogP contribution in [0.25, 0.3) is 0 Å². The Morgan fingerprint density at radius 2 is 1.86 bits per heavy atom. The fourth-order valence-electron chi connectivity index (χ4n) is 3.61. The van der Waals surface area contributed by atoms with Gasteiger partial charge in [0, 0.05) is 6.54 Å². The molecule has 0 spiro atoms. The second-order valence-electron chi connectivity index (χ2n) is 6.73. The highest BCUT2D eigenvalue weighted by Crippen LogP contribution is 2.37. The minimum atomic E-state index is -4.42. The van der Waals surface area contributed by atoms with E-state index in [1.54, 1.807) is 31.3 Å². The van der Waals surface area contributed by atoms with Crippen LogP contribution in [0.4, 0.5) is 13.2 Å². The van der Waals surface area contributed by atoms with Crippen molar-refractivity contribution < 1.29 is 27.4 Å². The Morgan fingerprint density at radius 1 is 1.11 bits per heavy atom. The SMILES string of the molecule is COc1ccc(C2CCCN2C(=O)Cc2cccc(C(F)(F)F)c2)cc1OC. The number of alkyl halides is 3. The number of carbonyl (C=O) groups is 1. The summed E-state index contributed by atoms with van der Waals surface area (Å²) in [6, 6.07) is 10.3. The Labute approximate surface area is 161 Å². The molecule has 1 aliphatic rings. The van der Waals surface area contributed by atoms with Gasteiger partial charge in [-0.25, -0.2) is 0 Å². The van der Waals surface area contributed by atoms with E-state index in [2.05, 4.69) is 0 Å². The fourth-order valence-corrected chi connectivity index (χ4v) is 3.61. The van der Waals surface area contributed by atoms with Gasteiger partial charge in [-0.3, -0.25) is 4.79 Å². The number of amides is 1. The van der Waals surface area contributed by atoms with E-state index in [0.717, 1.165) is 30.5 Å². The highest BCUT2D eigenvalue weighted by Gasteiger charge is 2.32. The lowest BCUT2D eigenvalue weighted by Crippen LogP contribution is -2.31. The second kappa shape index (κ2) is 8.12. The minimum absolute atomic E-state index is 0.0618. The van der Waals surface area contributed by atoms with Gasteiger partial charge in [0.15, 0.2) is 11.5 Å². The zero-order valence-corrected chi connectivity index (χ0v) is 15.8. The van der Waals surface area contributed by atoms with Crippen LogP contribution in [0.15, 0.2) is 42.5 Å². The lowest BCUT2D eigenvalue weighted by Gasteiger charge is -2.26. The molecule has 4 nitrogen and oxygen atoms in total. The number of methoxy groups -OCH3 is 2. The number of likely N-dealkylation sites (tertiary alicyclic amines) is 1. The van der Waals surface area contributed by atoms with Crippen LogP contribution < -0.4 is 9.47 Å². The van der Waals surface area contributed by atoms with E-state index in [4.69, 9.17) is 9.47 Å². The van der Waals surface area contributed by atoms with Crippen molar-refractivity contribution in [3.8, 4) is 11.5 Å². The van der Waals surface area contributed by atoms with E-state index in [9.17, 15) is 18.0 Å². The Hall–Kier alpha value is -2.70. The van der Waals surface area contributed by atoms with Gasteiger partial charge in [-0.05, 0) is 42.2 Å². The van der Waals surface area contributed by atoms with Crippen LogP contribution in [-0.2, 0) is 17.4 Å². The van der Waals surface area contributed by atoms with Crippen LogP contribution >= 0.6 is 0 Å². The number of benzene rings is 2. The molecule has 1 heterocycles. The van der Waals surface area contributed by atoms with Crippen molar-refractivity contribution in [1.82, 2.24) is 4.90 Å². The summed E-state index contributed by atoms with van der Waals surface area (Å²) in [6.07, 6.45) is -2.85. The first-order valence-electron chi connectivity index (χ1n) is 9.01. The number of halogens is 3. The first kappa shape index (κ1) is 20.0. The third-order valence-corrected chi connectivity index (χ3v) is 4.98. The molecule has 150 valence electrons. The molecule has 1 saturated heterocycles. The predicted molar refractivity (Wildman–Crippen MR) is 98.4 cm³/mol. The van der Waals surface area contributed by atoms with Crippen molar-refractivity contribution in [2.24, 2.45) is 0 Å². The van der Waals surface area contributed by atoms with Crippen molar-refractivity contribution in [1.29, 1.82) is 0 Å². The summed E-state index contributed by atoms with van der Waals surface area (Å²) in [7, 11) is 3.10. The van der Waals surface area contributed by atoms with Crippen molar-refractivity contribution >= 4 is 5.91 Å². The molecular formula is C21H22F3NO3. The summed E-state index contributed by atoms with van der Waals surface area (Å²) in [6.45, 7) is 0.580. The summed E-state index contributed by atoms with van der Waals surface area (Å²) in [5.74, 6) is 1.000. The van der Waals surface area contributed by atoms with Crippen LogP contribution in [0.2, 0.25) is 0 Å². The van der Waals surface area contributed by atoms with Gasteiger partial charge in [-0.1, -0.05) is 24.3 Å². The standard InChI is InChI=1S/C21H22F3NO3/c1-27-18-9-8-15(13-19(18)28-2)17-7-4-10-25(17)20(26)12-14-5-3-6-16(11-14)21(22,23)24/h3,5-6,8-9,11,13,17H,4,7,10,12H2,1-2H3. The molecule has 1 unspecified atom stereocenters. The second-order valence-corrected chi connectivity index (χ2v) is 6.73. The molecular weight excluding hydrogens is 371 g/mol. The van der Waals surface area contributed by atoms with Crippen LogP contribution in [0.5, 0.6) is 11.5 Å². The first-order chi connectivity index (χ1) is 13.3. The molecule has 0 N–H and O–H groups in total. The van der Waals surface area contributed by atoms with Crippen LogP contribution in [0, 0.1) is 0 Å². The van der Waals surface area contributed by atoms with Gasteiger partial charge in [-0.2, -0.15) is 13.2 Å². The molecule has 0 saturated carbocycles. The molecule has 0 bridgehead atoms. The van der Waals surface area contributed by atoms with Gasteiger partial charge in [0.2, 0.25) is 5.91 Å². The van der Waals surface area contributed by atoms with Gasteiger partial charge in [-0.15, -0.1) is 0 Å². The van der Waals surface area contributed by atoms with Crippen LogP contribution in [-0.4, -0.2) is 31.6 Å². The summed E-state index contributed by atoms with van der Waals surface area (Å²) < 4.78 is 49.3. The van der Waals surface area contributed by atoms with E-state index in [-0.39, 0.29) is 18.4 Å². The Balaban J connectivity index is 1.79. The van der Waals surface area contributed by atoms with E-state index >= 15 is 0 Å². The molecule has 1 fully saturated rings. The zero-order chi connectivity index (χ0) is 20.3. The van der Waals surface area contributed by atoms with Crippen molar-refractivity contribution in [3.05, 3.63) is 59.2 Å². The number of ether oxygens (including phenoxy) is 2. The highest BCUT2D eigenvalue weighted by molar-refractivity contribution is 5.79. The molecule has 0 radical (unpaired) electrons. The first-order valence-corrected chi connectivity index (χ1v) is 9.01. The van der Waals surface area contributed by atoms with Gasteiger partial charge in [0.05, 0.1) is 32.2 Å².